The largest absolute Gasteiger partial charge is 0.493 e. The monoisotopic (exact) mass is 397 g/mol. The molecule has 8 heteroatoms. The number of amides is 1. The second-order valence-electron chi connectivity index (χ2n) is 5.90. The predicted molar refractivity (Wildman–Crippen MR) is 107 cm³/mol. The molecule has 3 rings (SSSR count). The zero-order valence-electron chi connectivity index (χ0n) is 16.4. The van der Waals surface area contributed by atoms with Crippen molar-refractivity contribution in [2.75, 3.05) is 25.1 Å². The lowest BCUT2D eigenvalue weighted by Crippen LogP contribution is -2.15. The van der Waals surface area contributed by atoms with Gasteiger partial charge in [-0.15, -0.1) is 5.10 Å². The van der Waals surface area contributed by atoms with E-state index in [0.717, 1.165) is 0 Å². The lowest BCUT2D eigenvalue weighted by Gasteiger charge is -2.11. The molecule has 0 saturated carbocycles. The van der Waals surface area contributed by atoms with Crippen LogP contribution in [0.25, 0.3) is 11.5 Å². The Bertz CT molecular complexity index is 927. The van der Waals surface area contributed by atoms with Crippen molar-refractivity contribution in [2.45, 2.75) is 20.3 Å². The zero-order valence-corrected chi connectivity index (χ0v) is 16.4. The van der Waals surface area contributed by atoms with Crippen molar-refractivity contribution in [3.05, 3.63) is 48.5 Å². The predicted octanol–water partition coefficient (Wildman–Crippen LogP) is 3.94. The van der Waals surface area contributed by atoms with Crippen LogP contribution in [0.3, 0.4) is 0 Å². The van der Waals surface area contributed by atoms with Crippen LogP contribution in [0.1, 0.15) is 20.3 Å². The highest BCUT2D eigenvalue weighted by Crippen LogP contribution is 2.32. The highest BCUT2D eigenvalue weighted by atomic mass is 16.5. The first-order valence-corrected chi connectivity index (χ1v) is 9.40. The van der Waals surface area contributed by atoms with Crippen molar-refractivity contribution >= 4 is 11.9 Å². The molecule has 3 aromatic rings. The van der Waals surface area contributed by atoms with Crippen LogP contribution in [0.5, 0.6) is 17.2 Å². The number of aromatic nitrogens is 2. The van der Waals surface area contributed by atoms with E-state index in [2.05, 4.69) is 15.5 Å². The molecule has 0 unspecified atom stereocenters. The number of nitrogens with zero attached hydrogens (tertiary/aromatic N) is 2. The summed E-state index contributed by atoms with van der Waals surface area (Å²) in [4.78, 5) is 12.0. The molecule has 8 nitrogen and oxygen atoms in total. The molecule has 1 N–H and O–H groups in total. The Balaban J connectivity index is 1.58. The highest BCUT2D eigenvalue weighted by Gasteiger charge is 2.14. The number of ether oxygens (including phenoxy) is 3. The second-order valence-corrected chi connectivity index (χ2v) is 5.90. The Morgan fingerprint density at radius 1 is 0.966 bits per heavy atom. The quantitative estimate of drug-likeness (QED) is 0.553. The van der Waals surface area contributed by atoms with Crippen LogP contribution in [0.15, 0.2) is 52.9 Å². The minimum absolute atomic E-state index is 0.0246. The SMILES string of the molecule is CCOc1ccc(-c2nnc(NC(=O)CCOc3ccccc3)o2)cc1OCC. The maximum Gasteiger partial charge on any atom is 0.322 e. The molecule has 0 radical (unpaired) electrons. The fourth-order valence-corrected chi connectivity index (χ4v) is 2.53. The van der Waals surface area contributed by atoms with E-state index in [1.54, 1.807) is 18.2 Å². The first-order valence-electron chi connectivity index (χ1n) is 9.40. The van der Waals surface area contributed by atoms with Crippen molar-refractivity contribution < 1.29 is 23.4 Å². The molecular formula is C21H23N3O5. The van der Waals surface area contributed by atoms with Crippen molar-refractivity contribution in [3.8, 4) is 28.7 Å². The van der Waals surface area contributed by atoms with Crippen molar-refractivity contribution in [1.29, 1.82) is 0 Å². The number of carbonyl (C=O) groups is 1. The van der Waals surface area contributed by atoms with E-state index >= 15 is 0 Å². The third kappa shape index (κ3) is 5.71. The average Bonchev–Trinajstić information content (AvgIpc) is 3.19. The Labute approximate surface area is 168 Å². The van der Waals surface area contributed by atoms with Crippen LogP contribution >= 0.6 is 0 Å². The van der Waals surface area contributed by atoms with E-state index in [9.17, 15) is 4.79 Å². The van der Waals surface area contributed by atoms with Gasteiger partial charge in [0.25, 0.3) is 0 Å². The molecule has 1 amide bonds. The van der Waals surface area contributed by atoms with Gasteiger partial charge < -0.3 is 18.6 Å². The van der Waals surface area contributed by atoms with Gasteiger partial charge in [-0.25, -0.2) is 0 Å². The molecule has 2 aromatic carbocycles. The number of nitrogens with one attached hydrogen (secondary N) is 1. The van der Waals surface area contributed by atoms with Gasteiger partial charge in [0.2, 0.25) is 11.8 Å². The summed E-state index contributed by atoms with van der Waals surface area (Å²) in [6, 6.07) is 14.7. The minimum atomic E-state index is -0.280. The average molecular weight is 397 g/mol. The Morgan fingerprint density at radius 2 is 1.72 bits per heavy atom. The zero-order chi connectivity index (χ0) is 20.5. The summed E-state index contributed by atoms with van der Waals surface area (Å²) in [6.07, 6.45) is 0.157. The summed E-state index contributed by atoms with van der Waals surface area (Å²) in [7, 11) is 0. The number of benzene rings is 2. The topological polar surface area (TPSA) is 95.7 Å². The number of anilines is 1. The number of hydrogen-bond acceptors (Lipinski definition) is 7. The Hall–Kier alpha value is -3.55. The summed E-state index contributed by atoms with van der Waals surface area (Å²) in [5, 5.41) is 10.4. The van der Waals surface area contributed by atoms with Gasteiger partial charge in [0.05, 0.1) is 26.2 Å². The smallest absolute Gasteiger partial charge is 0.322 e. The van der Waals surface area contributed by atoms with Gasteiger partial charge in [0, 0.05) is 5.56 Å². The summed E-state index contributed by atoms with van der Waals surface area (Å²) in [6.45, 7) is 5.07. The van der Waals surface area contributed by atoms with Crippen LogP contribution in [0.4, 0.5) is 6.01 Å². The number of hydrogen-bond donors (Lipinski definition) is 1. The maximum absolute atomic E-state index is 12.0. The van der Waals surface area contributed by atoms with Gasteiger partial charge in [0.1, 0.15) is 5.75 Å². The Kier molecular flexibility index (Phi) is 7.05. The molecule has 0 atom stereocenters. The van der Waals surface area contributed by atoms with Crippen LogP contribution in [-0.4, -0.2) is 35.9 Å². The molecule has 0 spiro atoms. The summed E-state index contributed by atoms with van der Waals surface area (Å²) < 4.78 is 22.2. The lowest BCUT2D eigenvalue weighted by molar-refractivity contribution is -0.116. The molecule has 0 aliphatic heterocycles. The molecule has 0 fully saturated rings. The van der Waals surface area contributed by atoms with Crippen molar-refractivity contribution in [1.82, 2.24) is 10.2 Å². The normalized spacial score (nSPS) is 10.4. The molecule has 0 bridgehead atoms. The van der Waals surface area contributed by atoms with E-state index in [1.165, 1.54) is 0 Å². The number of para-hydroxylation sites is 1. The van der Waals surface area contributed by atoms with Gasteiger partial charge >= 0.3 is 6.01 Å². The van der Waals surface area contributed by atoms with E-state index in [1.807, 2.05) is 44.2 Å². The molecule has 152 valence electrons. The standard InChI is InChI=1S/C21H23N3O5/c1-3-26-17-11-10-15(14-18(17)27-4-2)20-23-24-21(29-20)22-19(25)12-13-28-16-8-6-5-7-9-16/h5-11,14H,3-4,12-13H2,1-2H3,(H,22,24,25). The third-order valence-electron chi connectivity index (χ3n) is 3.80. The minimum Gasteiger partial charge on any atom is -0.493 e. The van der Waals surface area contributed by atoms with E-state index in [4.69, 9.17) is 18.6 Å². The van der Waals surface area contributed by atoms with Gasteiger partial charge in [-0.05, 0) is 44.2 Å². The maximum atomic E-state index is 12.0. The third-order valence-corrected chi connectivity index (χ3v) is 3.80. The van der Waals surface area contributed by atoms with Crippen molar-refractivity contribution in [3.63, 3.8) is 0 Å². The molecule has 1 heterocycles. The summed E-state index contributed by atoms with van der Waals surface area (Å²) >= 11 is 0. The molecule has 1 aromatic heterocycles. The van der Waals surface area contributed by atoms with Gasteiger partial charge in [-0.1, -0.05) is 23.3 Å². The molecular weight excluding hydrogens is 374 g/mol. The highest BCUT2D eigenvalue weighted by molar-refractivity contribution is 5.88. The molecule has 29 heavy (non-hydrogen) atoms. The van der Waals surface area contributed by atoms with Crippen molar-refractivity contribution in [2.24, 2.45) is 0 Å². The summed E-state index contributed by atoms with van der Waals surface area (Å²) in [5.74, 6) is 1.93. The van der Waals surface area contributed by atoms with Gasteiger partial charge in [0.15, 0.2) is 11.5 Å². The van der Waals surface area contributed by atoms with E-state index in [-0.39, 0.29) is 30.8 Å². The molecule has 0 aliphatic rings. The van der Waals surface area contributed by atoms with E-state index in [0.29, 0.717) is 36.0 Å². The molecule has 0 aliphatic carbocycles. The Morgan fingerprint density at radius 3 is 2.48 bits per heavy atom. The lowest BCUT2D eigenvalue weighted by atomic mass is 10.2. The first-order chi connectivity index (χ1) is 14.2. The van der Waals surface area contributed by atoms with E-state index < -0.39 is 0 Å². The number of carbonyl (C=O) groups excluding carboxylic acids is 1. The molecule has 0 saturated heterocycles. The fraction of sp³-hybridized carbons (Fsp3) is 0.286. The van der Waals surface area contributed by atoms with Crippen LogP contribution in [-0.2, 0) is 4.79 Å². The fourth-order valence-electron chi connectivity index (χ4n) is 2.53. The first kappa shape index (κ1) is 20.2. The van der Waals surface area contributed by atoms with Crippen LogP contribution in [0.2, 0.25) is 0 Å². The number of rotatable bonds is 10. The van der Waals surface area contributed by atoms with Crippen LogP contribution in [0, 0.1) is 0 Å². The second kappa shape index (κ2) is 10.1. The summed E-state index contributed by atoms with van der Waals surface area (Å²) in [5.41, 5.74) is 0.664. The van der Waals surface area contributed by atoms with Gasteiger partial charge in [-0.2, -0.15) is 0 Å². The van der Waals surface area contributed by atoms with Gasteiger partial charge in [-0.3, -0.25) is 10.1 Å². The van der Waals surface area contributed by atoms with Crippen LogP contribution < -0.4 is 19.5 Å².